The summed E-state index contributed by atoms with van der Waals surface area (Å²) in [5.41, 5.74) is 2.46. The summed E-state index contributed by atoms with van der Waals surface area (Å²) in [5.74, 6) is -0.604. The van der Waals surface area contributed by atoms with E-state index in [-0.39, 0.29) is 5.69 Å². The standard InChI is InChI=1S/C9H9N3O2/c1-12-5-4-6-2-3-7(9(13)11-14)10-8(6)12/h2-5,14H,1H3,(H,11,13). The molecule has 0 saturated heterocycles. The molecule has 1 amide bonds. The first-order valence-electron chi connectivity index (χ1n) is 4.09. The van der Waals surface area contributed by atoms with Gasteiger partial charge in [0.15, 0.2) is 0 Å². The predicted molar refractivity (Wildman–Crippen MR) is 50.0 cm³/mol. The monoisotopic (exact) mass is 191 g/mol. The number of aryl methyl sites for hydroxylation is 1. The lowest BCUT2D eigenvalue weighted by Gasteiger charge is -1.99. The Morgan fingerprint density at radius 1 is 1.50 bits per heavy atom. The quantitative estimate of drug-likeness (QED) is 0.514. The van der Waals surface area contributed by atoms with Crippen molar-refractivity contribution in [3.05, 3.63) is 30.1 Å². The molecule has 0 radical (unpaired) electrons. The maximum atomic E-state index is 11.1. The summed E-state index contributed by atoms with van der Waals surface area (Å²) in [6, 6.07) is 5.25. The topological polar surface area (TPSA) is 67.2 Å². The van der Waals surface area contributed by atoms with Gasteiger partial charge in [-0.25, -0.2) is 10.5 Å². The molecule has 5 nitrogen and oxygen atoms in total. The van der Waals surface area contributed by atoms with Crippen molar-refractivity contribution in [2.45, 2.75) is 0 Å². The molecule has 0 bridgehead atoms. The van der Waals surface area contributed by atoms with Gasteiger partial charge in [0, 0.05) is 18.6 Å². The van der Waals surface area contributed by atoms with E-state index in [0.717, 1.165) is 5.39 Å². The van der Waals surface area contributed by atoms with Gasteiger partial charge in [-0.3, -0.25) is 10.0 Å². The van der Waals surface area contributed by atoms with Gasteiger partial charge in [-0.1, -0.05) is 0 Å². The predicted octanol–water partition coefficient (Wildman–Crippen LogP) is 0.692. The number of rotatable bonds is 1. The lowest BCUT2D eigenvalue weighted by molar-refractivity contribution is 0.0701. The van der Waals surface area contributed by atoms with Crippen molar-refractivity contribution in [1.82, 2.24) is 15.0 Å². The average Bonchev–Trinajstić information content (AvgIpc) is 2.59. The van der Waals surface area contributed by atoms with Gasteiger partial charge in [-0.2, -0.15) is 0 Å². The molecule has 0 aliphatic heterocycles. The first-order valence-corrected chi connectivity index (χ1v) is 4.09. The summed E-state index contributed by atoms with van der Waals surface area (Å²) in [7, 11) is 1.84. The zero-order valence-corrected chi connectivity index (χ0v) is 7.56. The van der Waals surface area contributed by atoms with Crippen LogP contribution in [-0.4, -0.2) is 20.7 Å². The minimum atomic E-state index is -0.604. The van der Waals surface area contributed by atoms with Gasteiger partial charge in [0.1, 0.15) is 11.3 Å². The fourth-order valence-corrected chi connectivity index (χ4v) is 1.32. The minimum absolute atomic E-state index is 0.196. The van der Waals surface area contributed by atoms with Gasteiger partial charge >= 0.3 is 0 Å². The van der Waals surface area contributed by atoms with Crippen LogP contribution in [0, 0.1) is 0 Å². The van der Waals surface area contributed by atoms with Crippen LogP contribution in [0.4, 0.5) is 0 Å². The third-order valence-corrected chi connectivity index (χ3v) is 2.05. The van der Waals surface area contributed by atoms with Crippen LogP contribution in [0.25, 0.3) is 11.0 Å². The van der Waals surface area contributed by atoms with Gasteiger partial charge in [0.05, 0.1) is 0 Å². The summed E-state index contributed by atoms with van der Waals surface area (Å²) in [6.45, 7) is 0. The minimum Gasteiger partial charge on any atom is -0.336 e. The Kier molecular flexibility index (Phi) is 1.94. The lowest BCUT2D eigenvalue weighted by atomic mass is 10.3. The molecule has 72 valence electrons. The van der Waals surface area contributed by atoms with Crippen LogP contribution in [0.2, 0.25) is 0 Å². The van der Waals surface area contributed by atoms with Crippen LogP contribution in [0.1, 0.15) is 10.5 Å². The molecule has 14 heavy (non-hydrogen) atoms. The zero-order valence-electron chi connectivity index (χ0n) is 7.56. The number of pyridine rings is 1. The van der Waals surface area contributed by atoms with Crippen molar-refractivity contribution in [1.29, 1.82) is 0 Å². The largest absolute Gasteiger partial charge is 0.336 e. The van der Waals surface area contributed by atoms with Crippen LogP contribution < -0.4 is 5.48 Å². The second-order valence-corrected chi connectivity index (χ2v) is 2.98. The molecule has 0 aromatic carbocycles. The Morgan fingerprint density at radius 3 is 3.00 bits per heavy atom. The van der Waals surface area contributed by atoms with Gasteiger partial charge in [-0.15, -0.1) is 0 Å². The number of carbonyl (C=O) groups excluding carboxylic acids is 1. The number of hydrogen-bond donors (Lipinski definition) is 2. The Balaban J connectivity index is 2.60. The zero-order chi connectivity index (χ0) is 10.1. The Bertz CT molecular complexity index is 490. The fraction of sp³-hybridized carbons (Fsp3) is 0.111. The summed E-state index contributed by atoms with van der Waals surface area (Å²) in [4.78, 5) is 15.2. The Labute approximate surface area is 79.9 Å². The number of carbonyl (C=O) groups is 1. The van der Waals surface area contributed by atoms with Gasteiger partial charge < -0.3 is 4.57 Å². The molecule has 0 atom stereocenters. The third-order valence-electron chi connectivity index (χ3n) is 2.05. The highest BCUT2D eigenvalue weighted by atomic mass is 16.5. The summed E-state index contributed by atoms with van der Waals surface area (Å²) >= 11 is 0. The van der Waals surface area contributed by atoms with Crippen LogP contribution in [-0.2, 0) is 7.05 Å². The first-order chi connectivity index (χ1) is 6.72. The van der Waals surface area contributed by atoms with Crippen molar-refractivity contribution in [3.8, 4) is 0 Å². The summed E-state index contributed by atoms with van der Waals surface area (Å²) < 4.78 is 1.81. The highest BCUT2D eigenvalue weighted by molar-refractivity contribution is 5.93. The van der Waals surface area contributed by atoms with Gasteiger partial charge in [0.25, 0.3) is 5.91 Å². The second-order valence-electron chi connectivity index (χ2n) is 2.98. The molecule has 2 N–H and O–H groups in total. The lowest BCUT2D eigenvalue weighted by Crippen LogP contribution is -2.19. The normalized spacial score (nSPS) is 10.4. The van der Waals surface area contributed by atoms with E-state index < -0.39 is 5.91 Å². The molecule has 2 aromatic rings. The number of nitrogens with one attached hydrogen (secondary N) is 1. The van der Waals surface area contributed by atoms with Crippen molar-refractivity contribution in [2.24, 2.45) is 7.05 Å². The molecule has 0 aliphatic carbocycles. The number of hydrogen-bond acceptors (Lipinski definition) is 3. The number of amides is 1. The molecule has 2 rings (SSSR count). The van der Waals surface area contributed by atoms with Crippen LogP contribution in [0.3, 0.4) is 0 Å². The van der Waals surface area contributed by atoms with Crippen molar-refractivity contribution in [3.63, 3.8) is 0 Å². The van der Waals surface area contributed by atoms with E-state index in [1.165, 1.54) is 0 Å². The van der Waals surface area contributed by atoms with E-state index in [0.29, 0.717) is 5.65 Å². The average molecular weight is 191 g/mol. The molecule has 0 fully saturated rings. The van der Waals surface area contributed by atoms with E-state index in [2.05, 4.69) is 4.98 Å². The first kappa shape index (κ1) is 8.71. The molecule has 5 heteroatoms. The van der Waals surface area contributed by atoms with Crippen LogP contribution in [0.15, 0.2) is 24.4 Å². The van der Waals surface area contributed by atoms with Crippen molar-refractivity contribution in [2.75, 3.05) is 0 Å². The molecule has 2 heterocycles. The highest BCUT2D eigenvalue weighted by Crippen LogP contribution is 2.12. The summed E-state index contributed by atoms with van der Waals surface area (Å²) in [5, 5.41) is 9.39. The number of hydroxylamine groups is 1. The highest BCUT2D eigenvalue weighted by Gasteiger charge is 2.07. The smallest absolute Gasteiger partial charge is 0.293 e. The second kappa shape index (κ2) is 3.12. The van der Waals surface area contributed by atoms with E-state index in [4.69, 9.17) is 5.21 Å². The van der Waals surface area contributed by atoms with Crippen molar-refractivity contribution < 1.29 is 10.0 Å². The molecule has 0 saturated carbocycles. The Morgan fingerprint density at radius 2 is 2.29 bits per heavy atom. The molecule has 0 aliphatic rings. The molecular formula is C9H9N3O2. The van der Waals surface area contributed by atoms with Crippen LogP contribution in [0.5, 0.6) is 0 Å². The van der Waals surface area contributed by atoms with Gasteiger partial charge in [-0.05, 0) is 18.2 Å². The molecule has 2 aromatic heterocycles. The maximum absolute atomic E-state index is 11.1. The third kappa shape index (κ3) is 1.23. The number of aromatic nitrogens is 2. The van der Waals surface area contributed by atoms with Crippen LogP contribution >= 0.6 is 0 Å². The molecular weight excluding hydrogens is 182 g/mol. The van der Waals surface area contributed by atoms with E-state index in [1.807, 2.05) is 23.9 Å². The Hall–Kier alpha value is -1.88. The summed E-state index contributed by atoms with van der Waals surface area (Å²) in [6.07, 6.45) is 1.86. The maximum Gasteiger partial charge on any atom is 0.293 e. The van der Waals surface area contributed by atoms with Crippen molar-refractivity contribution >= 4 is 16.9 Å². The number of nitrogens with zero attached hydrogens (tertiary/aromatic N) is 2. The van der Waals surface area contributed by atoms with E-state index in [1.54, 1.807) is 17.6 Å². The molecule has 0 unspecified atom stereocenters. The SMILES string of the molecule is Cn1ccc2ccc(C(=O)NO)nc21. The molecule has 0 spiro atoms. The van der Waals surface area contributed by atoms with E-state index >= 15 is 0 Å². The fourth-order valence-electron chi connectivity index (χ4n) is 1.32. The number of fused-ring (bicyclic) bond motifs is 1. The van der Waals surface area contributed by atoms with Gasteiger partial charge in [0.2, 0.25) is 0 Å². The van der Waals surface area contributed by atoms with E-state index in [9.17, 15) is 4.79 Å².